The van der Waals surface area contributed by atoms with Crippen molar-refractivity contribution in [1.29, 1.82) is 0 Å². The van der Waals surface area contributed by atoms with Crippen LogP contribution in [0.5, 0.6) is 0 Å². The Morgan fingerprint density at radius 2 is 0.571 bits per heavy atom. The molecule has 0 atom stereocenters. The summed E-state index contributed by atoms with van der Waals surface area (Å²) in [7, 11) is 0. The third-order valence-electron chi connectivity index (χ3n) is 0. The minimum absolute atomic E-state index is 0. The molecule has 14 heteroatoms. The fourth-order valence-corrected chi connectivity index (χ4v) is 0. The second-order valence-corrected chi connectivity index (χ2v) is 0.298. The van der Waals surface area contributed by atoms with Crippen molar-refractivity contribution in [1.82, 2.24) is 6.15 Å². The molecule has 0 unspecified atom stereocenters. The van der Waals surface area contributed by atoms with Gasteiger partial charge in [0.15, 0.2) is 0 Å². The van der Waals surface area contributed by atoms with Crippen LogP contribution >= 0.6 is 0 Å². The first-order valence-corrected chi connectivity index (χ1v) is 1.46. The van der Waals surface area contributed by atoms with Crippen molar-refractivity contribution in [2.24, 2.45) is 21.4 Å². The molecule has 1 radical (unpaired) electrons. The Hall–Kier alpha value is -1.93. The number of nitrogens with zero attached hydrogens (tertiary/aromatic N) is 4. The molecular weight excluding hydrogens is 257 g/mol. The molecule has 0 aliphatic carbocycles. The molecule has 0 aliphatic rings. The summed E-state index contributed by atoms with van der Waals surface area (Å²) in [5.41, 5.74) is 0. The van der Waals surface area contributed by atoms with Crippen LogP contribution in [0.4, 0.5) is 0 Å². The van der Waals surface area contributed by atoms with E-state index in [4.69, 9.17) is 40.5 Å². The molecule has 0 saturated carbocycles. The maximum Gasteiger partial charge on any atom is 0 e. The Morgan fingerprint density at radius 1 is 0.571 bits per heavy atom. The van der Waals surface area contributed by atoms with Crippen molar-refractivity contribution in [2.45, 2.75) is 0 Å². The van der Waals surface area contributed by atoms with Gasteiger partial charge in [-0.1, -0.05) is 0 Å². The SMILES string of the molecule is O=N[O-].O=N[O-].O=N[O-].O=N[O-].[Co].[NH4+]. The van der Waals surface area contributed by atoms with Gasteiger partial charge in [-0.2, -0.15) is 0 Å². The first-order chi connectivity index (χ1) is 5.66. The van der Waals surface area contributed by atoms with Crippen LogP contribution in [-0.4, -0.2) is 0 Å². The van der Waals surface area contributed by atoms with E-state index in [0.29, 0.717) is 0 Å². The largest absolute Gasteiger partial charge is 0.444 e. The van der Waals surface area contributed by atoms with Gasteiger partial charge in [0.1, 0.15) is 0 Å². The standard InChI is InChI=1S/Co.4HNO2.H3N/c;4*2-1-3;/h;4*(H,2,3);1H3/p-3. The quantitative estimate of drug-likeness (QED) is 0.490. The van der Waals surface area contributed by atoms with Crippen LogP contribution in [0.3, 0.4) is 0 Å². The monoisotopic (exact) mass is 261 g/mol. The van der Waals surface area contributed by atoms with Gasteiger partial charge in [-0.3, -0.25) is 0 Å². The minimum atomic E-state index is 0. The molecular formula is H4CoN5O8-3. The molecule has 0 fully saturated rings. The molecule has 0 aromatic rings. The molecule has 0 bridgehead atoms. The van der Waals surface area contributed by atoms with E-state index in [9.17, 15) is 0 Å². The van der Waals surface area contributed by atoms with Gasteiger partial charge in [0, 0.05) is 16.8 Å². The molecule has 0 saturated heterocycles. The molecule has 0 spiro atoms. The third kappa shape index (κ3) is 221. The molecule has 0 rings (SSSR count). The van der Waals surface area contributed by atoms with Crippen molar-refractivity contribution in [3.8, 4) is 0 Å². The average molecular weight is 261 g/mol. The Bertz CT molecular complexity index is 71.7. The zero-order valence-corrected chi connectivity index (χ0v) is 7.43. The van der Waals surface area contributed by atoms with E-state index < -0.39 is 0 Å². The van der Waals surface area contributed by atoms with Gasteiger partial charge in [-0.25, -0.2) is 0 Å². The number of rotatable bonds is 0. The first-order valence-electron chi connectivity index (χ1n) is 1.46. The van der Waals surface area contributed by atoms with Gasteiger partial charge in [-0.05, 0) is 0 Å². The van der Waals surface area contributed by atoms with E-state index in [-0.39, 0.29) is 22.9 Å². The van der Waals surface area contributed by atoms with Crippen molar-refractivity contribution in [3.63, 3.8) is 0 Å². The van der Waals surface area contributed by atoms with E-state index in [2.05, 4.69) is 0 Å². The zero-order valence-electron chi connectivity index (χ0n) is 6.39. The summed E-state index contributed by atoms with van der Waals surface area (Å²) in [5.74, 6) is 0. The van der Waals surface area contributed by atoms with E-state index in [1.165, 1.54) is 0 Å². The van der Waals surface area contributed by atoms with E-state index >= 15 is 0 Å². The molecule has 0 amide bonds. The van der Waals surface area contributed by atoms with Gasteiger partial charge in [0.05, 0.1) is 0 Å². The summed E-state index contributed by atoms with van der Waals surface area (Å²) in [4.78, 5) is 32.0. The van der Waals surface area contributed by atoms with Crippen LogP contribution in [0.25, 0.3) is 0 Å². The predicted molar refractivity (Wildman–Crippen MR) is 42.6 cm³/mol. The summed E-state index contributed by atoms with van der Waals surface area (Å²) >= 11 is 0. The molecule has 4 N–H and O–H groups in total. The number of hydrogen-bond acceptors (Lipinski definition) is 12. The Morgan fingerprint density at radius 3 is 0.571 bits per heavy atom. The van der Waals surface area contributed by atoms with Gasteiger partial charge >= 0.3 is 0 Å². The van der Waals surface area contributed by atoms with Crippen molar-refractivity contribution in [2.75, 3.05) is 0 Å². The third-order valence-corrected chi connectivity index (χ3v) is 0. The van der Waals surface area contributed by atoms with Crippen molar-refractivity contribution >= 4 is 0 Å². The fraction of sp³-hybridized carbons (Fsp3) is 0. The van der Waals surface area contributed by atoms with Crippen LogP contribution in [0.15, 0.2) is 21.4 Å². The smallest absolute Gasteiger partial charge is 0 e. The van der Waals surface area contributed by atoms with Crippen molar-refractivity contribution in [3.05, 3.63) is 40.5 Å². The summed E-state index contributed by atoms with van der Waals surface area (Å²) in [5, 5.41) is 36.0. The van der Waals surface area contributed by atoms with E-state index in [0.717, 1.165) is 21.4 Å². The number of hydrogen-bond donors (Lipinski definition) is 1. The predicted octanol–water partition coefficient (Wildman–Crippen LogP) is 1.38. The summed E-state index contributed by atoms with van der Waals surface area (Å²) in [6, 6.07) is 0. The van der Waals surface area contributed by atoms with E-state index in [1.807, 2.05) is 0 Å². The normalized spacial score (nSPS) is 3.43. The molecule has 0 aromatic carbocycles. The fourth-order valence-electron chi connectivity index (χ4n) is 0. The van der Waals surface area contributed by atoms with Gasteiger partial charge in [-0.15, -0.1) is 21.4 Å². The second kappa shape index (κ2) is 263. The topological polar surface area (TPSA) is 246 Å². The van der Waals surface area contributed by atoms with Crippen LogP contribution in [0.2, 0.25) is 0 Å². The molecule has 13 nitrogen and oxygen atoms in total. The van der Waals surface area contributed by atoms with Gasteiger partial charge < -0.3 is 46.6 Å². The van der Waals surface area contributed by atoms with E-state index in [1.54, 1.807) is 0 Å². The number of quaternary nitrogens is 1. The maximum absolute atomic E-state index is 8.00. The molecule has 0 heterocycles. The van der Waals surface area contributed by atoms with Crippen LogP contribution in [0, 0.1) is 40.5 Å². The average Bonchev–Trinajstić information content (AvgIpc) is 1.92. The Balaban J connectivity index is -0.0000000145. The summed E-state index contributed by atoms with van der Waals surface area (Å²) in [6.07, 6.45) is 0. The van der Waals surface area contributed by atoms with Crippen LogP contribution in [0.1, 0.15) is 0 Å². The summed E-state index contributed by atoms with van der Waals surface area (Å²) < 4.78 is 0. The van der Waals surface area contributed by atoms with Crippen molar-refractivity contribution < 1.29 is 16.8 Å². The second-order valence-electron chi connectivity index (χ2n) is 0.298. The Kier molecular flexibility index (Phi) is 753. The van der Waals surface area contributed by atoms with Gasteiger partial charge in [0.25, 0.3) is 0 Å². The zero-order chi connectivity index (χ0) is 10.8. The molecule has 14 heavy (non-hydrogen) atoms. The minimum Gasteiger partial charge on any atom is -0.444 e. The Labute approximate surface area is 85.6 Å². The first kappa shape index (κ1) is 40.2. The molecule has 0 aromatic heterocycles. The van der Waals surface area contributed by atoms with Crippen LogP contribution in [-0.2, 0) is 16.8 Å². The molecule has 0 aliphatic heterocycles. The van der Waals surface area contributed by atoms with Gasteiger partial charge in [0.2, 0.25) is 0 Å². The van der Waals surface area contributed by atoms with Crippen LogP contribution < -0.4 is 6.15 Å². The maximum atomic E-state index is 8.00. The molecule has 89 valence electrons. The summed E-state index contributed by atoms with van der Waals surface area (Å²) in [6.45, 7) is 0.